The van der Waals surface area contributed by atoms with Crippen molar-refractivity contribution in [1.82, 2.24) is 4.90 Å². The van der Waals surface area contributed by atoms with E-state index in [1.807, 2.05) is 0 Å². The Balaban J connectivity index is 1.53. The number of ether oxygens (including phenoxy) is 2. The molecule has 10 heteroatoms. The molecule has 1 saturated heterocycles. The van der Waals surface area contributed by atoms with Crippen LogP contribution in [0.2, 0.25) is 0 Å². The van der Waals surface area contributed by atoms with Crippen LogP contribution < -0.4 is 9.47 Å². The number of nitro groups is 1. The van der Waals surface area contributed by atoms with Crippen molar-refractivity contribution in [3.05, 3.63) is 105 Å². The minimum Gasteiger partial charge on any atom is -0.493 e. The molecule has 176 valence electrons. The molecule has 35 heavy (non-hydrogen) atoms. The summed E-state index contributed by atoms with van der Waals surface area (Å²) in [6.07, 6.45) is 1.53. The molecule has 9 nitrogen and oxygen atoms in total. The highest BCUT2D eigenvalue weighted by Crippen LogP contribution is 2.35. The van der Waals surface area contributed by atoms with Crippen LogP contribution in [0, 0.1) is 10.1 Å². The van der Waals surface area contributed by atoms with Crippen LogP contribution in [0.3, 0.4) is 0 Å². The van der Waals surface area contributed by atoms with Crippen molar-refractivity contribution in [2.45, 2.75) is 6.54 Å². The molecule has 1 aliphatic rings. The fourth-order valence-corrected chi connectivity index (χ4v) is 4.13. The molecule has 0 saturated carbocycles. The number of non-ortho nitro benzene ring substituents is 1. The van der Waals surface area contributed by atoms with Crippen LogP contribution in [0.25, 0.3) is 6.08 Å². The Hall–Kier alpha value is -4.44. The van der Waals surface area contributed by atoms with Crippen molar-refractivity contribution in [2.24, 2.45) is 0 Å². The van der Waals surface area contributed by atoms with Gasteiger partial charge in [0.05, 0.1) is 29.0 Å². The number of hydrogen-bond donors (Lipinski definition) is 0. The summed E-state index contributed by atoms with van der Waals surface area (Å²) < 4.78 is 10.8. The van der Waals surface area contributed by atoms with Crippen molar-refractivity contribution in [3.8, 4) is 11.5 Å². The van der Waals surface area contributed by atoms with E-state index in [-0.39, 0.29) is 22.9 Å². The van der Waals surface area contributed by atoms with Gasteiger partial charge in [0.15, 0.2) is 11.5 Å². The minimum absolute atomic E-state index is 0.0114. The van der Waals surface area contributed by atoms with E-state index in [9.17, 15) is 24.5 Å². The predicted octanol–water partition coefficient (Wildman–Crippen LogP) is 5.06. The zero-order valence-electron chi connectivity index (χ0n) is 18.4. The second-order valence-corrected chi connectivity index (χ2v) is 8.35. The SMILES string of the molecule is COc1ccc(/C=C2\SC(=O)N(Cc3ccc([N+](=O)[O-])cc3)C2=O)cc1OC(=O)c1ccccc1. The van der Waals surface area contributed by atoms with Crippen molar-refractivity contribution in [1.29, 1.82) is 0 Å². The lowest BCUT2D eigenvalue weighted by atomic mass is 10.1. The van der Waals surface area contributed by atoms with Gasteiger partial charge in [-0.15, -0.1) is 0 Å². The average Bonchev–Trinajstić information content (AvgIpc) is 3.12. The molecule has 0 aromatic heterocycles. The highest BCUT2D eigenvalue weighted by Gasteiger charge is 2.35. The number of hydrogen-bond acceptors (Lipinski definition) is 8. The van der Waals surface area contributed by atoms with E-state index in [1.54, 1.807) is 48.5 Å². The Bertz CT molecular complexity index is 1340. The second-order valence-electron chi connectivity index (χ2n) is 7.36. The Kier molecular flexibility index (Phi) is 6.93. The maximum absolute atomic E-state index is 12.9. The maximum atomic E-state index is 12.9. The van der Waals surface area contributed by atoms with Gasteiger partial charge in [-0.25, -0.2) is 4.79 Å². The van der Waals surface area contributed by atoms with E-state index in [0.29, 0.717) is 22.4 Å². The summed E-state index contributed by atoms with van der Waals surface area (Å²) in [5.41, 5.74) is 1.40. The highest BCUT2D eigenvalue weighted by molar-refractivity contribution is 8.18. The van der Waals surface area contributed by atoms with Gasteiger partial charge in [0.2, 0.25) is 0 Å². The zero-order valence-corrected chi connectivity index (χ0v) is 19.2. The molecule has 2 amide bonds. The minimum atomic E-state index is -0.565. The molecule has 4 rings (SSSR count). The lowest BCUT2D eigenvalue weighted by molar-refractivity contribution is -0.384. The molecule has 0 aliphatic carbocycles. The molecule has 3 aromatic rings. The van der Waals surface area contributed by atoms with Crippen LogP contribution in [0.5, 0.6) is 11.5 Å². The van der Waals surface area contributed by atoms with Crippen LogP contribution in [-0.2, 0) is 11.3 Å². The Morgan fingerprint density at radius 2 is 1.74 bits per heavy atom. The first-order valence-electron chi connectivity index (χ1n) is 10.3. The molecular formula is C25H18N2O7S. The fraction of sp³-hybridized carbons (Fsp3) is 0.0800. The van der Waals surface area contributed by atoms with E-state index < -0.39 is 22.0 Å². The van der Waals surface area contributed by atoms with Gasteiger partial charge in [-0.2, -0.15) is 0 Å². The van der Waals surface area contributed by atoms with Gasteiger partial charge in [-0.05, 0) is 53.2 Å². The molecule has 0 radical (unpaired) electrons. The molecule has 0 atom stereocenters. The highest BCUT2D eigenvalue weighted by atomic mass is 32.2. The monoisotopic (exact) mass is 490 g/mol. The first kappa shape index (κ1) is 23.7. The molecule has 1 aliphatic heterocycles. The lowest BCUT2D eigenvalue weighted by Gasteiger charge is -2.12. The number of carbonyl (C=O) groups excluding carboxylic acids is 3. The summed E-state index contributed by atoms with van der Waals surface area (Å²) in [5.74, 6) is -0.556. The third-order valence-corrected chi connectivity index (χ3v) is 5.97. The summed E-state index contributed by atoms with van der Waals surface area (Å²) >= 11 is 0.782. The van der Waals surface area contributed by atoms with Crippen molar-refractivity contribution < 1.29 is 28.8 Å². The maximum Gasteiger partial charge on any atom is 0.343 e. The Morgan fingerprint density at radius 1 is 1.03 bits per heavy atom. The van der Waals surface area contributed by atoms with Gasteiger partial charge in [-0.1, -0.05) is 36.4 Å². The Morgan fingerprint density at radius 3 is 2.40 bits per heavy atom. The van der Waals surface area contributed by atoms with Crippen molar-refractivity contribution in [2.75, 3.05) is 7.11 Å². The number of carbonyl (C=O) groups is 3. The number of esters is 1. The number of thioether (sulfide) groups is 1. The smallest absolute Gasteiger partial charge is 0.343 e. The van der Waals surface area contributed by atoms with Gasteiger partial charge in [0, 0.05) is 12.1 Å². The summed E-state index contributed by atoms with van der Waals surface area (Å²) in [5, 5.41) is 10.4. The standard InChI is InChI=1S/C25H18N2O7S/c1-33-20-12-9-17(13-21(20)34-24(29)18-5-3-2-4-6-18)14-22-23(28)26(25(30)35-22)15-16-7-10-19(11-8-16)27(31)32/h2-14H,15H2,1H3/b22-14-. The van der Waals surface area contributed by atoms with Crippen molar-refractivity contribution >= 4 is 40.6 Å². The normalized spacial score (nSPS) is 14.3. The Labute approximate surface area is 204 Å². The zero-order chi connectivity index (χ0) is 24.9. The topological polar surface area (TPSA) is 116 Å². The second kappa shape index (κ2) is 10.2. The number of methoxy groups -OCH3 is 1. The van der Waals surface area contributed by atoms with E-state index in [1.165, 1.54) is 37.5 Å². The molecule has 3 aromatic carbocycles. The van der Waals surface area contributed by atoms with Crippen LogP contribution in [0.1, 0.15) is 21.5 Å². The summed E-state index contributed by atoms with van der Waals surface area (Å²) in [6.45, 7) is -0.0114. The number of amides is 2. The summed E-state index contributed by atoms with van der Waals surface area (Å²) in [6, 6.07) is 18.9. The van der Waals surface area contributed by atoms with Crippen LogP contribution >= 0.6 is 11.8 Å². The number of nitrogens with zero attached hydrogens (tertiary/aromatic N) is 2. The molecule has 0 unspecified atom stereocenters. The number of nitro benzene ring substituents is 1. The molecule has 0 bridgehead atoms. The van der Waals surface area contributed by atoms with Crippen LogP contribution in [-0.4, -0.2) is 34.0 Å². The summed E-state index contributed by atoms with van der Waals surface area (Å²) in [7, 11) is 1.44. The largest absolute Gasteiger partial charge is 0.493 e. The first-order valence-corrected chi connectivity index (χ1v) is 11.1. The molecule has 1 fully saturated rings. The van der Waals surface area contributed by atoms with E-state index in [4.69, 9.17) is 9.47 Å². The average molecular weight is 490 g/mol. The third kappa shape index (κ3) is 5.39. The lowest BCUT2D eigenvalue weighted by Crippen LogP contribution is -2.27. The van der Waals surface area contributed by atoms with E-state index in [0.717, 1.165) is 16.7 Å². The third-order valence-electron chi connectivity index (χ3n) is 5.06. The number of imide groups is 1. The molecular weight excluding hydrogens is 472 g/mol. The van der Waals surface area contributed by atoms with E-state index in [2.05, 4.69) is 0 Å². The quantitative estimate of drug-likeness (QED) is 0.148. The first-order chi connectivity index (χ1) is 16.9. The van der Waals surface area contributed by atoms with Gasteiger partial charge in [-0.3, -0.25) is 24.6 Å². The van der Waals surface area contributed by atoms with Crippen molar-refractivity contribution in [3.63, 3.8) is 0 Å². The molecule has 1 heterocycles. The summed E-state index contributed by atoms with van der Waals surface area (Å²) in [4.78, 5) is 49.4. The van der Waals surface area contributed by atoms with Crippen LogP contribution in [0.4, 0.5) is 10.5 Å². The molecule has 0 spiro atoms. The van der Waals surface area contributed by atoms with Gasteiger partial charge >= 0.3 is 5.97 Å². The van der Waals surface area contributed by atoms with Gasteiger partial charge in [0.1, 0.15) is 0 Å². The number of benzene rings is 3. The number of rotatable bonds is 7. The fourth-order valence-electron chi connectivity index (χ4n) is 3.29. The van der Waals surface area contributed by atoms with Gasteiger partial charge in [0.25, 0.3) is 16.8 Å². The molecule has 0 N–H and O–H groups in total. The predicted molar refractivity (Wildman–Crippen MR) is 129 cm³/mol. The van der Waals surface area contributed by atoms with E-state index >= 15 is 0 Å². The van der Waals surface area contributed by atoms with Crippen LogP contribution in [0.15, 0.2) is 77.7 Å². The van der Waals surface area contributed by atoms with Gasteiger partial charge < -0.3 is 9.47 Å².